The Morgan fingerprint density at radius 1 is 0.355 bits per heavy atom. The van der Waals surface area contributed by atoms with E-state index in [1.165, 1.54) is 0 Å². The average Bonchev–Trinajstić information content (AvgIpc) is 3.26. The molecule has 5 aliphatic heterocycles. The van der Waals surface area contributed by atoms with E-state index in [0.717, 1.165) is 0 Å². The highest BCUT2D eigenvalue weighted by molar-refractivity contribution is 5.01. The molecule has 5 saturated heterocycles. The van der Waals surface area contributed by atoms with Crippen molar-refractivity contribution in [2.45, 2.75) is 172 Å². The van der Waals surface area contributed by atoms with Gasteiger partial charge in [0.05, 0.1) is 33.0 Å². The first-order chi connectivity index (χ1) is 29.3. The van der Waals surface area contributed by atoms with E-state index in [9.17, 15) is 102 Å². The Morgan fingerprint density at radius 3 is 1.32 bits per heavy atom. The normalized spacial score (nSPS) is 50.8. The van der Waals surface area contributed by atoms with Crippen molar-refractivity contribution in [2.75, 3.05) is 33.0 Å². The standard InChI is InChI=1S/C33H58O29/c34-1-6(39)23-16(46)15(45)19(49)32(58-23)62-28-24(7(40)2-35)57-29(53)21(51)27(28)61-33-22(52)26(60-31-18(48)14(44)12(42)9(4-37)55-31)20(50)25(59-33)10(5-38)56-30-17(47)13(43)11(41)8(3-36)54-30/h6-53H,1-5H2/t6-,7-,8+,9+,10-,11+,12+,13-,14-,15-,16-,17+,18+,19-,20+,21-,22-,23+,24+,25+,26-,27+,28+,29?,30+,31+,32+,33+/m0/s1. The van der Waals surface area contributed by atoms with Gasteiger partial charge in [0.25, 0.3) is 0 Å². The van der Waals surface area contributed by atoms with Crippen LogP contribution in [0, 0.1) is 0 Å². The molecule has 0 radical (unpaired) electrons. The maximum Gasteiger partial charge on any atom is 0.187 e. The molecule has 0 aromatic rings. The molecule has 62 heavy (non-hydrogen) atoms. The summed E-state index contributed by atoms with van der Waals surface area (Å²) in [6.07, 6.45) is -58.2. The van der Waals surface area contributed by atoms with E-state index in [2.05, 4.69) is 0 Å². The third-order valence-electron chi connectivity index (χ3n) is 11.3. The number of hydrogen-bond donors (Lipinski definition) is 20. The molecule has 29 heteroatoms. The van der Waals surface area contributed by atoms with Gasteiger partial charge >= 0.3 is 0 Å². The molecule has 0 aromatic carbocycles. The van der Waals surface area contributed by atoms with E-state index < -0.39 is 205 Å². The summed E-state index contributed by atoms with van der Waals surface area (Å²) in [6.45, 7) is -5.28. The van der Waals surface area contributed by atoms with Gasteiger partial charge in [-0.05, 0) is 0 Å². The molecular weight excluding hydrogens is 860 g/mol. The number of aliphatic hydroxyl groups excluding tert-OH is 20. The Hall–Kier alpha value is -1.16. The smallest absolute Gasteiger partial charge is 0.187 e. The molecule has 0 amide bonds. The summed E-state index contributed by atoms with van der Waals surface area (Å²) in [5, 5.41) is 210. The van der Waals surface area contributed by atoms with Crippen molar-refractivity contribution < 1.29 is 145 Å². The number of rotatable bonds is 16. The molecule has 0 aromatic heterocycles. The van der Waals surface area contributed by atoms with Crippen molar-refractivity contribution in [1.82, 2.24) is 0 Å². The second-order valence-corrected chi connectivity index (χ2v) is 15.4. The van der Waals surface area contributed by atoms with Gasteiger partial charge in [0.2, 0.25) is 0 Å². The maximum atomic E-state index is 11.7. The highest BCUT2D eigenvalue weighted by Gasteiger charge is 2.58. The molecule has 5 heterocycles. The van der Waals surface area contributed by atoms with Crippen LogP contribution in [0.3, 0.4) is 0 Å². The van der Waals surface area contributed by atoms with Crippen LogP contribution in [0.1, 0.15) is 0 Å². The average molecular weight is 919 g/mol. The van der Waals surface area contributed by atoms with Crippen LogP contribution in [0.4, 0.5) is 0 Å². The summed E-state index contributed by atoms with van der Waals surface area (Å²) in [5.74, 6) is 0. The zero-order valence-corrected chi connectivity index (χ0v) is 32.3. The Morgan fingerprint density at radius 2 is 0.790 bits per heavy atom. The summed E-state index contributed by atoms with van der Waals surface area (Å²) in [6, 6.07) is 0. The van der Waals surface area contributed by atoms with Gasteiger partial charge in [-0.1, -0.05) is 0 Å². The van der Waals surface area contributed by atoms with E-state index in [-0.39, 0.29) is 0 Å². The van der Waals surface area contributed by atoms with E-state index in [4.69, 9.17) is 42.6 Å². The molecule has 20 N–H and O–H groups in total. The second kappa shape index (κ2) is 22.1. The highest BCUT2D eigenvalue weighted by atomic mass is 16.8. The topological polar surface area (TPSA) is 488 Å². The molecule has 0 saturated carbocycles. The molecule has 28 atom stereocenters. The van der Waals surface area contributed by atoms with Gasteiger partial charge in [0.1, 0.15) is 140 Å². The molecule has 5 aliphatic rings. The molecule has 0 aliphatic carbocycles. The fourth-order valence-corrected chi connectivity index (χ4v) is 7.66. The van der Waals surface area contributed by atoms with E-state index >= 15 is 0 Å². The lowest BCUT2D eigenvalue weighted by Crippen LogP contribution is -2.70. The zero-order chi connectivity index (χ0) is 46.1. The minimum Gasteiger partial charge on any atom is -0.394 e. The van der Waals surface area contributed by atoms with Crippen molar-refractivity contribution in [3.05, 3.63) is 0 Å². The highest BCUT2D eigenvalue weighted by Crippen LogP contribution is 2.37. The molecule has 5 rings (SSSR count). The lowest BCUT2D eigenvalue weighted by atomic mass is 9.92. The van der Waals surface area contributed by atoms with E-state index in [0.29, 0.717) is 0 Å². The molecule has 5 fully saturated rings. The Bertz CT molecular complexity index is 1350. The van der Waals surface area contributed by atoms with Crippen molar-refractivity contribution in [2.24, 2.45) is 0 Å². The molecule has 29 nitrogen and oxygen atoms in total. The first kappa shape index (κ1) is 51.8. The fourth-order valence-electron chi connectivity index (χ4n) is 7.66. The predicted octanol–water partition coefficient (Wildman–Crippen LogP) is -13.8. The van der Waals surface area contributed by atoms with Gasteiger partial charge in [0, 0.05) is 0 Å². The summed E-state index contributed by atoms with van der Waals surface area (Å²) in [5.41, 5.74) is 0. The maximum absolute atomic E-state index is 11.7. The van der Waals surface area contributed by atoms with Crippen LogP contribution < -0.4 is 0 Å². The number of aliphatic hydroxyl groups is 20. The van der Waals surface area contributed by atoms with Crippen LogP contribution in [-0.2, 0) is 42.6 Å². The largest absolute Gasteiger partial charge is 0.394 e. The van der Waals surface area contributed by atoms with Gasteiger partial charge in [-0.3, -0.25) is 0 Å². The summed E-state index contributed by atoms with van der Waals surface area (Å²) >= 11 is 0. The molecule has 1 unspecified atom stereocenters. The SMILES string of the molecule is OC[C@H](O[C@H]1O[C@H](CO)[C@@H](O)[C@H](O)[C@H]1O)[C@H]1O[C@H](O[C@H]2[C@H](O[C@H]3O[C@H]([C@@H](O)CO)[C@@H](O)[C@H](O)[C@@H]3O)[C@@H]([C@@H](O)CO)OC(O)[C@H]2O)[C@@H](O)[C@@H](O[C@H]2O[C@H](CO)[C@@H](O)[C@H](O)[C@H]2O)[C@@H]1O. The first-order valence-electron chi connectivity index (χ1n) is 19.4. The van der Waals surface area contributed by atoms with Crippen LogP contribution in [0.25, 0.3) is 0 Å². The van der Waals surface area contributed by atoms with Gasteiger partial charge in [-0.2, -0.15) is 0 Å². The summed E-state index contributed by atoms with van der Waals surface area (Å²) in [7, 11) is 0. The second-order valence-electron chi connectivity index (χ2n) is 15.4. The van der Waals surface area contributed by atoms with Crippen molar-refractivity contribution in [3.63, 3.8) is 0 Å². The summed E-state index contributed by atoms with van der Waals surface area (Å²) < 4.78 is 50.1. The van der Waals surface area contributed by atoms with Gasteiger partial charge in [0.15, 0.2) is 31.5 Å². The Kier molecular flexibility index (Phi) is 18.5. The van der Waals surface area contributed by atoms with Crippen LogP contribution in [0.15, 0.2) is 0 Å². The van der Waals surface area contributed by atoms with Crippen LogP contribution >= 0.6 is 0 Å². The fraction of sp³-hybridized carbons (Fsp3) is 1.00. The molecule has 364 valence electrons. The lowest BCUT2D eigenvalue weighted by Gasteiger charge is -2.51. The number of hydrogen-bond acceptors (Lipinski definition) is 29. The number of ether oxygens (including phenoxy) is 9. The van der Waals surface area contributed by atoms with Gasteiger partial charge < -0.3 is 145 Å². The van der Waals surface area contributed by atoms with E-state index in [1.54, 1.807) is 0 Å². The molecule has 0 bridgehead atoms. The van der Waals surface area contributed by atoms with Crippen LogP contribution in [-0.4, -0.2) is 307 Å². The monoisotopic (exact) mass is 918 g/mol. The quantitative estimate of drug-likeness (QED) is 0.0683. The van der Waals surface area contributed by atoms with Gasteiger partial charge in [-0.15, -0.1) is 0 Å². The minimum atomic E-state index is -2.40. The van der Waals surface area contributed by atoms with Crippen LogP contribution in [0.5, 0.6) is 0 Å². The third kappa shape index (κ3) is 10.5. The molecule has 0 spiro atoms. The first-order valence-corrected chi connectivity index (χ1v) is 19.4. The third-order valence-corrected chi connectivity index (χ3v) is 11.3. The molecular formula is C33H58O29. The lowest BCUT2D eigenvalue weighted by molar-refractivity contribution is -0.404. The van der Waals surface area contributed by atoms with Gasteiger partial charge in [-0.25, -0.2) is 0 Å². The Balaban J connectivity index is 1.52. The van der Waals surface area contributed by atoms with Crippen LogP contribution in [0.2, 0.25) is 0 Å². The zero-order valence-electron chi connectivity index (χ0n) is 32.3. The minimum absolute atomic E-state index is 0.923. The van der Waals surface area contributed by atoms with Crippen molar-refractivity contribution in [3.8, 4) is 0 Å². The summed E-state index contributed by atoms with van der Waals surface area (Å²) in [4.78, 5) is 0. The predicted molar refractivity (Wildman–Crippen MR) is 185 cm³/mol. The Labute approximate surface area is 349 Å². The van der Waals surface area contributed by atoms with E-state index in [1.807, 2.05) is 0 Å². The van der Waals surface area contributed by atoms with Crippen molar-refractivity contribution in [1.29, 1.82) is 0 Å². The van der Waals surface area contributed by atoms with Crippen molar-refractivity contribution >= 4 is 0 Å².